The molecule has 0 spiro atoms. The Morgan fingerprint density at radius 2 is 1.92 bits per heavy atom. The highest BCUT2D eigenvalue weighted by molar-refractivity contribution is 5.23. The van der Waals surface area contributed by atoms with Gasteiger partial charge in [-0.05, 0) is 19.5 Å². The molecule has 1 aromatic rings. The van der Waals surface area contributed by atoms with Crippen molar-refractivity contribution in [2.45, 2.75) is 12.5 Å². The van der Waals surface area contributed by atoms with E-state index in [-0.39, 0.29) is 12.1 Å². The Bertz CT molecular complexity index is 229. The van der Waals surface area contributed by atoms with E-state index in [1.165, 1.54) is 0 Å². The van der Waals surface area contributed by atoms with Crippen LogP contribution in [0.4, 0.5) is 0 Å². The fourth-order valence-corrected chi connectivity index (χ4v) is 1.12. The van der Waals surface area contributed by atoms with E-state index in [1.807, 2.05) is 44.3 Å². The van der Waals surface area contributed by atoms with Crippen molar-refractivity contribution in [2.24, 2.45) is 0 Å². The normalized spacial score (nSPS) is 15.6. The van der Waals surface area contributed by atoms with E-state index < -0.39 is 0 Å². The van der Waals surface area contributed by atoms with E-state index in [2.05, 4.69) is 5.32 Å². The van der Waals surface area contributed by atoms with E-state index in [4.69, 9.17) is 0 Å². The van der Waals surface area contributed by atoms with Crippen molar-refractivity contribution in [1.29, 1.82) is 0 Å². The van der Waals surface area contributed by atoms with Gasteiger partial charge < -0.3 is 10.4 Å². The van der Waals surface area contributed by atoms with Crippen LogP contribution in [0, 0.1) is 0 Å². The van der Waals surface area contributed by atoms with E-state index in [9.17, 15) is 5.11 Å². The minimum Gasteiger partial charge on any atom is -0.394 e. The summed E-state index contributed by atoms with van der Waals surface area (Å²) in [4.78, 5) is 0. The largest absolute Gasteiger partial charge is 0.394 e. The lowest BCUT2D eigenvalue weighted by atomic mass is 9.93. The van der Waals surface area contributed by atoms with E-state index in [0.29, 0.717) is 0 Å². The van der Waals surface area contributed by atoms with Gasteiger partial charge in [0, 0.05) is 0 Å². The van der Waals surface area contributed by atoms with Crippen LogP contribution in [0.15, 0.2) is 30.3 Å². The maximum absolute atomic E-state index is 9.18. The van der Waals surface area contributed by atoms with Gasteiger partial charge in [0.25, 0.3) is 0 Å². The third-order valence-electron chi connectivity index (χ3n) is 2.28. The van der Waals surface area contributed by atoms with Gasteiger partial charge in [-0.3, -0.25) is 0 Å². The predicted molar refractivity (Wildman–Crippen MR) is 49.9 cm³/mol. The van der Waals surface area contributed by atoms with Crippen LogP contribution < -0.4 is 5.32 Å². The van der Waals surface area contributed by atoms with Crippen molar-refractivity contribution >= 4 is 0 Å². The topological polar surface area (TPSA) is 32.3 Å². The molecule has 0 saturated heterocycles. The second-order valence-corrected chi connectivity index (χ2v) is 3.11. The first kappa shape index (κ1) is 9.23. The summed E-state index contributed by atoms with van der Waals surface area (Å²) >= 11 is 0. The van der Waals surface area contributed by atoms with Crippen molar-refractivity contribution in [3.8, 4) is 0 Å². The van der Waals surface area contributed by atoms with Crippen LogP contribution in [-0.2, 0) is 5.54 Å². The van der Waals surface area contributed by atoms with Gasteiger partial charge in [0.05, 0.1) is 12.1 Å². The monoisotopic (exact) mass is 165 g/mol. The Balaban J connectivity index is 2.95. The van der Waals surface area contributed by atoms with Gasteiger partial charge in [0.1, 0.15) is 0 Å². The van der Waals surface area contributed by atoms with E-state index >= 15 is 0 Å². The van der Waals surface area contributed by atoms with Crippen LogP contribution in [0.3, 0.4) is 0 Å². The fraction of sp³-hybridized carbons (Fsp3) is 0.400. The summed E-state index contributed by atoms with van der Waals surface area (Å²) in [5, 5.41) is 12.3. The molecule has 66 valence electrons. The third kappa shape index (κ3) is 1.65. The number of aliphatic hydroxyl groups excluding tert-OH is 1. The predicted octanol–water partition coefficient (Wildman–Crippen LogP) is 1.11. The molecule has 0 fully saturated rings. The zero-order chi connectivity index (χ0) is 9.03. The molecule has 12 heavy (non-hydrogen) atoms. The molecule has 2 heteroatoms. The molecule has 0 heterocycles. The SMILES string of the molecule is CN[C@@](C)(CO)c1ccccc1. The van der Waals surface area contributed by atoms with Crippen molar-refractivity contribution in [3.63, 3.8) is 0 Å². The maximum Gasteiger partial charge on any atom is 0.0652 e. The number of rotatable bonds is 3. The lowest BCUT2D eigenvalue weighted by Crippen LogP contribution is -2.40. The molecule has 0 amide bonds. The summed E-state index contributed by atoms with van der Waals surface area (Å²) in [5.74, 6) is 0. The Morgan fingerprint density at radius 3 is 2.33 bits per heavy atom. The number of hydrogen-bond acceptors (Lipinski definition) is 2. The van der Waals surface area contributed by atoms with Gasteiger partial charge >= 0.3 is 0 Å². The molecule has 2 nitrogen and oxygen atoms in total. The first-order valence-corrected chi connectivity index (χ1v) is 4.08. The van der Waals surface area contributed by atoms with Gasteiger partial charge in [-0.15, -0.1) is 0 Å². The highest BCUT2D eigenvalue weighted by atomic mass is 16.3. The summed E-state index contributed by atoms with van der Waals surface area (Å²) in [6, 6.07) is 9.93. The standard InChI is InChI=1S/C10H15NO/c1-10(8-12,11-2)9-6-4-3-5-7-9/h3-7,11-12H,8H2,1-2H3/t10-/m0/s1. The Kier molecular flexibility index (Phi) is 2.84. The van der Waals surface area contributed by atoms with E-state index in [0.717, 1.165) is 5.56 Å². The first-order valence-electron chi connectivity index (χ1n) is 4.08. The lowest BCUT2D eigenvalue weighted by molar-refractivity contribution is 0.183. The number of hydrogen-bond donors (Lipinski definition) is 2. The molecule has 0 aliphatic heterocycles. The summed E-state index contributed by atoms with van der Waals surface area (Å²) in [6.07, 6.45) is 0. The molecule has 0 radical (unpaired) electrons. The van der Waals surface area contributed by atoms with Crippen LogP contribution in [0.5, 0.6) is 0 Å². The average molecular weight is 165 g/mol. The molecule has 0 aliphatic carbocycles. The van der Waals surface area contributed by atoms with Crippen molar-refractivity contribution in [2.75, 3.05) is 13.7 Å². The molecular formula is C10H15NO. The van der Waals surface area contributed by atoms with Gasteiger partial charge in [-0.1, -0.05) is 30.3 Å². The van der Waals surface area contributed by atoms with Gasteiger partial charge in [0.2, 0.25) is 0 Å². The summed E-state index contributed by atoms with van der Waals surface area (Å²) in [5.41, 5.74) is 0.788. The number of aliphatic hydroxyl groups is 1. The molecule has 2 N–H and O–H groups in total. The Morgan fingerprint density at radius 1 is 1.33 bits per heavy atom. The zero-order valence-corrected chi connectivity index (χ0v) is 7.54. The van der Waals surface area contributed by atoms with Crippen LogP contribution in [-0.4, -0.2) is 18.8 Å². The Labute approximate surface area is 73.2 Å². The minimum atomic E-state index is -0.318. The number of nitrogens with one attached hydrogen (secondary N) is 1. The molecule has 0 unspecified atom stereocenters. The maximum atomic E-state index is 9.18. The second kappa shape index (κ2) is 3.70. The summed E-state index contributed by atoms with van der Waals surface area (Å²) < 4.78 is 0. The number of benzene rings is 1. The van der Waals surface area contributed by atoms with Crippen LogP contribution in [0.2, 0.25) is 0 Å². The summed E-state index contributed by atoms with van der Waals surface area (Å²) in [7, 11) is 1.85. The zero-order valence-electron chi connectivity index (χ0n) is 7.54. The van der Waals surface area contributed by atoms with Gasteiger partial charge in [0.15, 0.2) is 0 Å². The Hall–Kier alpha value is -0.860. The molecule has 0 aromatic heterocycles. The van der Waals surface area contributed by atoms with E-state index in [1.54, 1.807) is 0 Å². The van der Waals surface area contributed by atoms with Crippen LogP contribution in [0.1, 0.15) is 12.5 Å². The third-order valence-corrected chi connectivity index (χ3v) is 2.28. The second-order valence-electron chi connectivity index (χ2n) is 3.11. The van der Waals surface area contributed by atoms with Crippen LogP contribution in [0.25, 0.3) is 0 Å². The smallest absolute Gasteiger partial charge is 0.0652 e. The minimum absolute atomic E-state index is 0.105. The molecule has 0 saturated carbocycles. The van der Waals surface area contributed by atoms with Gasteiger partial charge in [-0.25, -0.2) is 0 Å². The summed E-state index contributed by atoms with van der Waals surface area (Å²) in [6.45, 7) is 2.08. The molecule has 0 aliphatic rings. The van der Waals surface area contributed by atoms with Crippen molar-refractivity contribution < 1.29 is 5.11 Å². The molecular weight excluding hydrogens is 150 g/mol. The fourth-order valence-electron chi connectivity index (χ4n) is 1.12. The molecule has 1 atom stereocenters. The van der Waals surface area contributed by atoms with Crippen molar-refractivity contribution in [1.82, 2.24) is 5.32 Å². The highest BCUT2D eigenvalue weighted by Crippen LogP contribution is 2.18. The lowest BCUT2D eigenvalue weighted by Gasteiger charge is -2.27. The van der Waals surface area contributed by atoms with Crippen molar-refractivity contribution in [3.05, 3.63) is 35.9 Å². The highest BCUT2D eigenvalue weighted by Gasteiger charge is 2.22. The van der Waals surface area contributed by atoms with Crippen LogP contribution >= 0.6 is 0 Å². The first-order chi connectivity index (χ1) is 5.73. The quantitative estimate of drug-likeness (QED) is 0.703. The number of likely N-dealkylation sites (N-methyl/N-ethyl adjacent to an activating group) is 1. The molecule has 1 rings (SSSR count). The molecule has 1 aromatic carbocycles. The van der Waals surface area contributed by atoms with Gasteiger partial charge in [-0.2, -0.15) is 0 Å². The molecule has 0 bridgehead atoms. The average Bonchev–Trinajstić information content (AvgIpc) is 2.18.